The van der Waals surface area contributed by atoms with Crippen LogP contribution in [0.4, 0.5) is 5.69 Å². The highest BCUT2D eigenvalue weighted by atomic mass is 32.2. The fraction of sp³-hybridized carbons (Fsp3) is 0.600. The molecule has 5 heteroatoms. The molecule has 1 saturated carbocycles. The van der Waals surface area contributed by atoms with Crippen LogP contribution in [0.15, 0.2) is 29.2 Å². The van der Waals surface area contributed by atoms with Crippen LogP contribution in [-0.2, 0) is 10.0 Å². The van der Waals surface area contributed by atoms with Gasteiger partial charge in [-0.25, -0.2) is 13.1 Å². The van der Waals surface area contributed by atoms with E-state index in [1.165, 1.54) is 26.3 Å². The van der Waals surface area contributed by atoms with E-state index in [4.69, 9.17) is 0 Å². The van der Waals surface area contributed by atoms with Crippen LogP contribution < -0.4 is 10.0 Å². The maximum Gasteiger partial charge on any atom is 0.240 e. The lowest BCUT2D eigenvalue weighted by molar-refractivity contribution is 0.268. The molecule has 0 spiro atoms. The molecule has 1 aliphatic rings. The summed E-state index contributed by atoms with van der Waals surface area (Å²) in [7, 11) is -1.92. The molecular formula is C15H24N2O2S. The smallest absolute Gasteiger partial charge is 0.240 e. The van der Waals surface area contributed by atoms with E-state index in [0.717, 1.165) is 5.69 Å². The minimum absolute atomic E-state index is 0.301. The highest BCUT2D eigenvalue weighted by molar-refractivity contribution is 7.89. The van der Waals surface area contributed by atoms with Crippen molar-refractivity contribution in [2.24, 2.45) is 11.8 Å². The summed E-state index contributed by atoms with van der Waals surface area (Å²) in [6.45, 7) is 4.57. The molecular weight excluding hydrogens is 272 g/mol. The molecule has 2 rings (SSSR count). The molecule has 2 unspecified atom stereocenters. The Morgan fingerprint density at radius 3 is 2.10 bits per heavy atom. The van der Waals surface area contributed by atoms with Crippen LogP contribution in [-0.4, -0.2) is 21.5 Å². The van der Waals surface area contributed by atoms with Gasteiger partial charge in [0.05, 0.1) is 4.90 Å². The zero-order chi connectivity index (χ0) is 14.8. The second kappa shape index (κ2) is 6.14. The summed E-state index contributed by atoms with van der Waals surface area (Å²) < 4.78 is 25.7. The normalized spacial score (nSPS) is 27.2. The highest BCUT2D eigenvalue weighted by Crippen LogP contribution is 2.31. The molecule has 2 N–H and O–H groups in total. The minimum Gasteiger partial charge on any atom is -0.382 e. The molecule has 112 valence electrons. The third-order valence-corrected chi connectivity index (χ3v) is 5.74. The molecule has 1 aromatic carbocycles. The summed E-state index contributed by atoms with van der Waals surface area (Å²) in [6.07, 6.45) is 3.82. The van der Waals surface area contributed by atoms with E-state index in [2.05, 4.69) is 23.9 Å². The van der Waals surface area contributed by atoms with Gasteiger partial charge in [-0.2, -0.15) is 0 Å². The molecule has 1 aliphatic carbocycles. The van der Waals surface area contributed by atoms with Gasteiger partial charge >= 0.3 is 0 Å². The number of rotatable bonds is 4. The van der Waals surface area contributed by atoms with Gasteiger partial charge in [0.25, 0.3) is 0 Å². The van der Waals surface area contributed by atoms with E-state index in [-0.39, 0.29) is 0 Å². The number of sulfonamides is 1. The summed E-state index contributed by atoms with van der Waals surface area (Å²) in [6, 6.07) is 7.45. The zero-order valence-corrected chi connectivity index (χ0v) is 13.2. The second-order valence-electron chi connectivity index (χ2n) is 5.79. The van der Waals surface area contributed by atoms with Gasteiger partial charge in [0, 0.05) is 11.7 Å². The SMILES string of the molecule is CNS(=O)(=O)c1ccc(NC2C(C)CCCC2C)cc1. The first-order chi connectivity index (χ1) is 9.44. The molecule has 20 heavy (non-hydrogen) atoms. The van der Waals surface area contributed by atoms with Gasteiger partial charge in [-0.15, -0.1) is 0 Å². The molecule has 1 fully saturated rings. The quantitative estimate of drug-likeness (QED) is 0.898. The molecule has 0 bridgehead atoms. The van der Waals surface area contributed by atoms with Gasteiger partial charge in [0.1, 0.15) is 0 Å². The number of hydrogen-bond acceptors (Lipinski definition) is 3. The minimum atomic E-state index is -3.35. The van der Waals surface area contributed by atoms with Gasteiger partial charge < -0.3 is 5.32 Å². The Kier molecular flexibility index (Phi) is 4.70. The van der Waals surface area contributed by atoms with Crippen molar-refractivity contribution in [2.45, 2.75) is 44.0 Å². The Morgan fingerprint density at radius 1 is 1.05 bits per heavy atom. The van der Waals surface area contributed by atoms with E-state index < -0.39 is 10.0 Å². The standard InChI is InChI=1S/C15H24N2O2S/c1-11-5-4-6-12(2)15(11)17-13-7-9-14(10-8-13)20(18,19)16-3/h7-12,15-17H,4-6H2,1-3H3. The first-order valence-corrected chi connectivity index (χ1v) is 8.72. The lowest BCUT2D eigenvalue weighted by Gasteiger charge is -2.35. The van der Waals surface area contributed by atoms with Crippen molar-refractivity contribution in [3.8, 4) is 0 Å². The van der Waals surface area contributed by atoms with Crippen LogP contribution in [0, 0.1) is 11.8 Å². The summed E-state index contributed by atoms with van der Waals surface area (Å²) in [4.78, 5) is 0.301. The molecule has 0 heterocycles. The van der Waals surface area contributed by atoms with Crippen molar-refractivity contribution >= 4 is 15.7 Å². The van der Waals surface area contributed by atoms with E-state index in [0.29, 0.717) is 22.8 Å². The Bertz CT molecular complexity index is 529. The summed E-state index contributed by atoms with van der Waals surface area (Å²) in [5, 5.41) is 3.56. The van der Waals surface area contributed by atoms with Crippen LogP contribution >= 0.6 is 0 Å². The Morgan fingerprint density at radius 2 is 1.60 bits per heavy atom. The third kappa shape index (κ3) is 3.33. The van der Waals surface area contributed by atoms with E-state index in [1.54, 1.807) is 12.1 Å². The monoisotopic (exact) mass is 296 g/mol. The van der Waals surface area contributed by atoms with Crippen molar-refractivity contribution in [1.82, 2.24) is 4.72 Å². The average molecular weight is 296 g/mol. The zero-order valence-electron chi connectivity index (χ0n) is 12.4. The Hall–Kier alpha value is -1.07. The lowest BCUT2D eigenvalue weighted by atomic mass is 9.78. The average Bonchev–Trinajstić information content (AvgIpc) is 2.43. The number of nitrogens with one attached hydrogen (secondary N) is 2. The van der Waals surface area contributed by atoms with Gasteiger partial charge in [-0.3, -0.25) is 0 Å². The Labute approximate surface area is 122 Å². The molecule has 0 aromatic heterocycles. The van der Waals surface area contributed by atoms with Gasteiger partial charge in [-0.1, -0.05) is 20.3 Å². The number of benzene rings is 1. The fourth-order valence-corrected chi connectivity index (χ4v) is 3.74. The van der Waals surface area contributed by atoms with Gasteiger partial charge in [0.15, 0.2) is 0 Å². The molecule has 1 aromatic rings. The third-order valence-electron chi connectivity index (χ3n) is 4.31. The van der Waals surface area contributed by atoms with Crippen molar-refractivity contribution in [1.29, 1.82) is 0 Å². The predicted molar refractivity (Wildman–Crippen MR) is 82.3 cm³/mol. The molecule has 0 radical (unpaired) electrons. The number of anilines is 1. The summed E-state index contributed by atoms with van der Waals surface area (Å²) in [5.74, 6) is 1.30. The van der Waals surface area contributed by atoms with Crippen molar-refractivity contribution in [2.75, 3.05) is 12.4 Å². The van der Waals surface area contributed by atoms with Crippen LogP contribution in [0.5, 0.6) is 0 Å². The molecule has 2 atom stereocenters. The van der Waals surface area contributed by atoms with Crippen LogP contribution in [0.2, 0.25) is 0 Å². The largest absolute Gasteiger partial charge is 0.382 e. The van der Waals surface area contributed by atoms with E-state index >= 15 is 0 Å². The predicted octanol–water partition coefficient (Wildman–Crippen LogP) is 2.83. The van der Waals surface area contributed by atoms with Gasteiger partial charge in [0.2, 0.25) is 10.0 Å². The maximum atomic E-state index is 11.7. The maximum absolute atomic E-state index is 11.7. The summed E-state index contributed by atoms with van der Waals surface area (Å²) in [5.41, 5.74) is 0.991. The molecule has 0 amide bonds. The van der Waals surface area contributed by atoms with Crippen molar-refractivity contribution < 1.29 is 8.42 Å². The lowest BCUT2D eigenvalue weighted by Crippen LogP contribution is -2.37. The van der Waals surface area contributed by atoms with E-state index in [9.17, 15) is 8.42 Å². The fourth-order valence-electron chi connectivity index (χ4n) is 3.01. The van der Waals surface area contributed by atoms with Crippen molar-refractivity contribution in [3.63, 3.8) is 0 Å². The van der Waals surface area contributed by atoms with Crippen LogP contribution in [0.25, 0.3) is 0 Å². The second-order valence-corrected chi connectivity index (χ2v) is 7.67. The number of hydrogen-bond donors (Lipinski definition) is 2. The molecule has 0 aliphatic heterocycles. The molecule has 0 saturated heterocycles. The van der Waals surface area contributed by atoms with E-state index in [1.807, 2.05) is 12.1 Å². The molecule has 4 nitrogen and oxygen atoms in total. The Balaban J connectivity index is 2.11. The topological polar surface area (TPSA) is 58.2 Å². The summed E-state index contributed by atoms with van der Waals surface area (Å²) >= 11 is 0. The first kappa shape index (κ1) is 15.3. The van der Waals surface area contributed by atoms with Gasteiger partial charge in [-0.05, 0) is 56.0 Å². The van der Waals surface area contributed by atoms with Crippen LogP contribution in [0.3, 0.4) is 0 Å². The first-order valence-electron chi connectivity index (χ1n) is 7.24. The van der Waals surface area contributed by atoms with Crippen molar-refractivity contribution in [3.05, 3.63) is 24.3 Å². The van der Waals surface area contributed by atoms with Crippen LogP contribution in [0.1, 0.15) is 33.1 Å². The highest BCUT2D eigenvalue weighted by Gasteiger charge is 2.27.